The Kier molecular flexibility index (Phi) is 4.95. The number of pyridine rings is 2. The van der Waals surface area contributed by atoms with Gasteiger partial charge in [0.25, 0.3) is 0 Å². The van der Waals surface area contributed by atoms with Gasteiger partial charge in [0, 0.05) is 35.3 Å². The van der Waals surface area contributed by atoms with Gasteiger partial charge in [0.1, 0.15) is 17.4 Å². The number of nitrogens with zero attached hydrogens (tertiary/aromatic N) is 3. The first-order chi connectivity index (χ1) is 17.1. The summed E-state index contributed by atoms with van der Waals surface area (Å²) in [7, 11) is 0. The molecule has 0 aliphatic rings. The second kappa shape index (κ2) is 8.29. The average Bonchev–Trinajstić information content (AvgIpc) is 3.17. The van der Waals surface area contributed by atoms with Crippen LogP contribution in [0.3, 0.4) is 0 Å². The maximum absolute atomic E-state index is 14.8. The number of hydrogen-bond acceptors (Lipinski definition) is 3. The zero-order valence-electron chi connectivity index (χ0n) is 18.1. The predicted octanol–water partition coefficient (Wildman–Crippen LogP) is 7.45. The van der Waals surface area contributed by atoms with E-state index in [2.05, 4.69) is 9.97 Å². The number of ether oxygens (including phenoxy) is 1. The zero-order chi connectivity index (χ0) is 23.9. The smallest absolute Gasteiger partial charge is 0.219 e. The maximum atomic E-state index is 14.8. The van der Waals surface area contributed by atoms with Crippen LogP contribution in [0.4, 0.5) is 13.2 Å². The standard InChI is InChI=1S/C28H16F3N3O/c29-19-7-9-25-23(16-19)22-8-6-17(14-26(22)34(25)28-24(31)4-3-11-33-28)18-12-20(30)15-21(13-18)35-27-5-1-2-10-32-27/h1-16H. The first-order valence-corrected chi connectivity index (χ1v) is 10.8. The number of rotatable bonds is 4. The van der Waals surface area contributed by atoms with Gasteiger partial charge in [-0.3, -0.25) is 4.57 Å². The van der Waals surface area contributed by atoms with E-state index in [1.807, 2.05) is 12.1 Å². The third-order valence-electron chi connectivity index (χ3n) is 5.74. The van der Waals surface area contributed by atoms with Gasteiger partial charge in [0.2, 0.25) is 5.88 Å². The summed E-state index contributed by atoms with van der Waals surface area (Å²) in [5, 5.41) is 1.34. The molecule has 7 heteroatoms. The average molecular weight is 467 g/mol. The predicted molar refractivity (Wildman–Crippen MR) is 128 cm³/mol. The minimum Gasteiger partial charge on any atom is -0.439 e. The molecule has 0 spiro atoms. The summed E-state index contributed by atoms with van der Waals surface area (Å²) in [5.74, 6) is -0.674. The Morgan fingerprint density at radius 1 is 0.629 bits per heavy atom. The van der Waals surface area contributed by atoms with Crippen molar-refractivity contribution >= 4 is 21.8 Å². The Hall–Kier alpha value is -4.65. The van der Waals surface area contributed by atoms with E-state index >= 15 is 0 Å². The van der Waals surface area contributed by atoms with Crippen LogP contribution in [-0.2, 0) is 0 Å². The van der Waals surface area contributed by atoms with Gasteiger partial charge in [-0.2, -0.15) is 0 Å². The van der Waals surface area contributed by atoms with Gasteiger partial charge in [-0.05, 0) is 65.7 Å². The molecule has 0 amide bonds. The van der Waals surface area contributed by atoms with Crippen LogP contribution in [-0.4, -0.2) is 14.5 Å². The highest BCUT2D eigenvalue weighted by atomic mass is 19.1. The van der Waals surface area contributed by atoms with Crippen molar-refractivity contribution in [1.82, 2.24) is 14.5 Å². The highest BCUT2D eigenvalue weighted by Gasteiger charge is 2.17. The number of halogens is 3. The lowest BCUT2D eigenvalue weighted by molar-refractivity contribution is 0.458. The van der Waals surface area contributed by atoms with E-state index in [1.54, 1.807) is 47.2 Å². The first kappa shape index (κ1) is 20.9. The van der Waals surface area contributed by atoms with Gasteiger partial charge >= 0.3 is 0 Å². The van der Waals surface area contributed by atoms with E-state index in [1.165, 1.54) is 42.6 Å². The zero-order valence-corrected chi connectivity index (χ0v) is 18.1. The molecule has 0 aliphatic carbocycles. The number of fused-ring (bicyclic) bond motifs is 3. The molecule has 0 fully saturated rings. The fraction of sp³-hybridized carbons (Fsp3) is 0. The number of hydrogen-bond donors (Lipinski definition) is 0. The Balaban J connectivity index is 1.56. The van der Waals surface area contributed by atoms with Crippen molar-refractivity contribution < 1.29 is 17.9 Å². The third-order valence-corrected chi connectivity index (χ3v) is 5.74. The summed E-state index contributed by atoms with van der Waals surface area (Å²) in [6, 6.07) is 22.2. The third kappa shape index (κ3) is 3.77. The van der Waals surface area contributed by atoms with Gasteiger partial charge in [-0.25, -0.2) is 23.1 Å². The van der Waals surface area contributed by atoms with E-state index < -0.39 is 17.5 Å². The van der Waals surface area contributed by atoms with Crippen molar-refractivity contribution in [3.63, 3.8) is 0 Å². The molecular formula is C28H16F3N3O. The monoisotopic (exact) mass is 467 g/mol. The summed E-state index contributed by atoms with van der Waals surface area (Å²) < 4.78 is 50.8. The first-order valence-electron chi connectivity index (χ1n) is 10.8. The quantitative estimate of drug-likeness (QED) is 0.270. The van der Waals surface area contributed by atoms with Crippen molar-refractivity contribution in [2.24, 2.45) is 0 Å². The van der Waals surface area contributed by atoms with Crippen LogP contribution in [0.25, 0.3) is 38.8 Å². The Labute approximate surface area is 197 Å². The second-order valence-electron chi connectivity index (χ2n) is 7.98. The van der Waals surface area contributed by atoms with E-state index in [0.29, 0.717) is 33.4 Å². The van der Waals surface area contributed by atoms with E-state index in [0.717, 1.165) is 5.39 Å². The van der Waals surface area contributed by atoms with Crippen LogP contribution in [0.2, 0.25) is 0 Å². The maximum Gasteiger partial charge on any atom is 0.219 e. The molecule has 0 radical (unpaired) electrons. The summed E-state index contributed by atoms with van der Waals surface area (Å²) in [4.78, 5) is 8.34. The molecule has 4 nitrogen and oxygen atoms in total. The molecule has 6 rings (SSSR count). The molecule has 0 atom stereocenters. The van der Waals surface area contributed by atoms with Crippen molar-refractivity contribution in [3.05, 3.63) is 115 Å². The summed E-state index contributed by atoms with van der Waals surface area (Å²) in [6.45, 7) is 0. The highest BCUT2D eigenvalue weighted by Crippen LogP contribution is 2.36. The van der Waals surface area contributed by atoms with Crippen LogP contribution in [0.5, 0.6) is 11.6 Å². The normalized spacial score (nSPS) is 11.3. The highest BCUT2D eigenvalue weighted by molar-refractivity contribution is 6.10. The molecule has 170 valence electrons. The van der Waals surface area contributed by atoms with Crippen LogP contribution in [0, 0.1) is 17.5 Å². The lowest BCUT2D eigenvalue weighted by Crippen LogP contribution is -2.00. The number of benzene rings is 3. The van der Waals surface area contributed by atoms with Gasteiger partial charge in [-0.1, -0.05) is 18.2 Å². The van der Waals surface area contributed by atoms with Gasteiger partial charge in [-0.15, -0.1) is 0 Å². The number of aromatic nitrogens is 3. The molecule has 3 aromatic heterocycles. The molecule has 0 saturated heterocycles. The van der Waals surface area contributed by atoms with Gasteiger partial charge in [0.05, 0.1) is 11.0 Å². The van der Waals surface area contributed by atoms with Crippen molar-refractivity contribution in [3.8, 4) is 28.6 Å². The van der Waals surface area contributed by atoms with Gasteiger partial charge in [0.15, 0.2) is 11.6 Å². The van der Waals surface area contributed by atoms with Crippen LogP contribution in [0.1, 0.15) is 0 Å². The van der Waals surface area contributed by atoms with Crippen molar-refractivity contribution in [1.29, 1.82) is 0 Å². The molecule has 0 N–H and O–H groups in total. The summed E-state index contributed by atoms with van der Waals surface area (Å²) in [6.07, 6.45) is 3.08. The molecule has 0 saturated carbocycles. The molecule has 0 unspecified atom stereocenters. The fourth-order valence-electron chi connectivity index (χ4n) is 4.26. The Morgan fingerprint density at radius 3 is 2.34 bits per heavy atom. The van der Waals surface area contributed by atoms with Gasteiger partial charge < -0.3 is 4.74 Å². The SMILES string of the molecule is Fc1cc(Oc2ccccn2)cc(-c2ccc3c4cc(F)ccc4n(-c4ncccc4F)c3c2)c1. The minimum atomic E-state index is -0.516. The van der Waals surface area contributed by atoms with Crippen molar-refractivity contribution in [2.75, 3.05) is 0 Å². The van der Waals surface area contributed by atoms with E-state index in [4.69, 9.17) is 4.74 Å². The largest absolute Gasteiger partial charge is 0.439 e. The van der Waals surface area contributed by atoms with Crippen LogP contribution < -0.4 is 4.74 Å². The van der Waals surface area contributed by atoms with Crippen molar-refractivity contribution in [2.45, 2.75) is 0 Å². The lowest BCUT2D eigenvalue weighted by Gasteiger charge is -2.10. The van der Waals surface area contributed by atoms with Crippen LogP contribution in [0.15, 0.2) is 97.3 Å². The molecule has 6 aromatic rings. The molecule has 3 aromatic carbocycles. The van der Waals surface area contributed by atoms with E-state index in [9.17, 15) is 13.2 Å². The molecule has 0 aliphatic heterocycles. The lowest BCUT2D eigenvalue weighted by atomic mass is 10.0. The molecular weight excluding hydrogens is 451 g/mol. The van der Waals surface area contributed by atoms with Crippen LogP contribution >= 0.6 is 0 Å². The van der Waals surface area contributed by atoms with E-state index in [-0.39, 0.29) is 11.6 Å². The molecule has 3 heterocycles. The second-order valence-corrected chi connectivity index (χ2v) is 7.98. The summed E-state index contributed by atoms with van der Waals surface area (Å²) >= 11 is 0. The summed E-state index contributed by atoms with van der Waals surface area (Å²) in [5.41, 5.74) is 2.44. The molecule has 0 bridgehead atoms. The Morgan fingerprint density at radius 2 is 1.51 bits per heavy atom. The molecule has 35 heavy (non-hydrogen) atoms. The Bertz CT molecular complexity index is 1710. The minimum absolute atomic E-state index is 0.0923. The fourth-order valence-corrected chi connectivity index (χ4v) is 4.26. The topological polar surface area (TPSA) is 39.9 Å².